The Morgan fingerprint density at radius 3 is 2.54 bits per heavy atom. The molecule has 0 radical (unpaired) electrons. The third-order valence-electron chi connectivity index (χ3n) is 4.49. The number of rotatable bonds is 8. The molecule has 150 valence electrons. The van der Waals surface area contributed by atoms with E-state index in [2.05, 4.69) is 25.2 Å². The van der Waals surface area contributed by atoms with Crippen molar-refractivity contribution in [3.8, 4) is 5.75 Å². The Morgan fingerprint density at radius 2 is 1.86 bits per heavy atom. The molecule has 0 aliphatic heterocycles. The smallest absolute Gasteiger partial charge is 0.262 e. The molecule has 2 aromatic carbocycles. The van der Waals surface area contributed by atoms with Crippen LogP contribution in [0.5, 0.6) is 5.75 Å². The maximum absolute atomic E-state index is 12.3. The van der Waals surface area contributed by atoms with Gasteiger partial charge in [-0.05, 0) is 54.2 Å². The van der Waals surface area contributed by atoms with Crippen molar-refractivity contribution in [3.63, 3.8) is 0 Å². The third-order valence-corrected chi connectivity index (χ3v) is 4.49. The van der Waals surface area contributed by atoms with Crippen LogP contribution in [0.15, 0.2) is 42.5 Å². The molecule has 0 aromatic heterocycles. The zero-order valence-electron chi connectivity index (χ0n) is 17.4. The van der Waals surface area contributed by atoms with Crippen molar-refractivity contribution in [3.05, 3.63) is 59.2 Å². The molecule has 0 spiro atoms. The Labute approximate surface area is 167 Å². The van der Waals surface area contributed by atoms with Crippen LogP contribution in [0.25, 0.3) is 0 Å². The summed E-state index contributed by atoms with van der Waals surface area (Å²) in [6.07, 6.45) is 1.08. The van der Waals surface area contributed by atoms with Crippen LogP contribution >= 0.6 is 0 Å². The van der Waals surface area contributed by atoms with Crippen molar-refractivity contribution >= 4 is 17.5 Å². The van der Waals surface area contributed by atoms with Gasteiger partial charge in [0.15, 0.2) is 6.61 Å². The van der Waals surface area contributed by atoms with E-state index in [1.165, 1.54) is 0 Å². The highest BCUT2D eigenvalue weighted by molar-refractivity contribution is 5.92. The Balaban J connectivity index is 1.94. The summed E-state index contributed by atoms with van der Waals surface area (Å²) >= 11 is 0. The molecule has 2 amide bonds. The quantitative estimate of drug-likeness (QED) is 0.746. The van der Waals surface area contributed by atoms with E-state index in [-0.39, 0.29) is 18.4 Å². The molecular weight excluding hydrogens is 352 g/mol. The van der Waals surface area contributed by atoms with Crippen molar-refractivity contribution in [1.82, 2.24) is 4.90 Å². The Hall–Kier alpha value is -2.82. The van der Waals surface area contributed by atoms with Gasteiger partial charge in [0.1, 0.15) is 5.75 Å². The standard InChI is InChI=1S/C23H30N2O3/c1-16(2)20-11-9-17(3)13-21(20)28-15-22(26)24-19-8-6-7-18(14-19)10-12-23(27)25(4)5/h6-9,11,13-14,16H,10,12,15H2,1-5H3,(H,24,26). The van der Waals surface area contributed by atoms with E-state index in [0.29, 0.717) is 24.4 Å². The summed E-state index contributed by atoms with van der Waals surface area (Å²) in [5.74, 6) is 0.945. The molecule has 5 heteroatoms. The topological polar surface area (TPSA) is 58.6 Å². The van der Waals surface area contributed by atoms with Crippen LogP contribution in [0.3, 0.4) is 0 Å². The highest BCUT2D eigenvalue weighted by Gasteiger charge is 2.11. The number of anilines is 1. The summed E-state index contributed by atoms with van der Waals surface area (Å²) in [4.78, 5) is 25.6. The lowest BCUT2D eigenvalue weighted by molar-refractivity contribution is -0.128. The Kier molecular flexibility index (Phi) is 7.61. The number of nitrogens with zero attached hydrogens (tertiary/aromatic N) is 1. The second-order valence-electron chi connectivity index (χ2n) is 7.52. The van der Waals surface area contributed by atoms with E-state index in [4.69, 9.17) is 4.74 Å². The molecule has 0 atom stereocenters. The van der Waals surface area contributed by atoms with Gasteiger partial charge >= 0.3 is 0 Å². The molecule has 0 aliphatic rings. The van der Waals surface area contributed by atoms with Gasteiger partial charge in [0, 0.05) is 26.2 Å². The number of aryl methyl sites for hydroxylation is 2. The average Bonchev–Trinajstić information content (AvgIpc) is 2.64. The predicted molar refractivity (Wildman–Crippen MR) is 113 cm³/mol. The normalized spacial score (nSPS) is 10.6. The Bertz CT molecular complexity index is 828. The molecule has 2 aromatic rings. The molecule has 0 bridgehead atoms. The van der Waals surface area contributed by atoms with Gasteiger partial charge in [-0.15, -0.1) is 0 Å². The molecule has 5 nitrogen and oxygen atoms in total. The minimum absolute atomic E-state index is 0.0491. The first-order valence-electron chi connectivity index (χ1n) is 9.58. The lowest BCUT2D eigenvalue weighted by atomic mass is 10.0. The molecule has 2 rings (SSSR count). The van der Waals surface area contributed by atoms with Gasteiger partial charge < -0.3 is 15.0 Å². The molecule has 28 heavy (non-hydrogen) atoms. The summed E-state index contributed by atoms with van der Waals surface area (Å²) in [5.41, 5.74) is 3.90. The monoisotopic (exact) mass is 382 g/mol. The summed E-state index contributed by atoms with van der Waals surface area (Å²) in [6, 6.07) is 13.6. The van der Waals surface area contributed by atoms with E-state index < -0.39 is 0 Å². The average molecular weight is 383 g/mol. The predicted octanol–water partition coefficient (Wildman–Crippen LogP) is 4.16. The number of nitrogens with one attached hydrogen (secondary N) is 1. The van der Waals surface area contributed by atoms with Crippen LogP contribution in [0.1, 0.15) is 42.9 Å². The number of hydrogen-bond donors (Lipinski definition) is 1. The van der Waals surface area contributed by atoms with E-state index in [1.807, 2.05) is 43.3 Å². The number of benzene rings is 2. The van der Waals surface area contributed by atoms with Gasteiger partial charge in [-0.25, -0.2) is 0 Å². The minimum atomic E-state index is -0.210. The van der Waals surface area contributed by atoms with Crippen LogP contribution in [0.2, 0.25) is 0 Å². The van der Waals surface area contributed by atoms with Crippen molar-refractivity contribution < 1.29 is 14.3 Å². The number of ether oxygens (including phenoxy) is 1. The fraction of sp³-hybridized carbons (Fsp3) is 0.391. The largest absolute Gasteiger partial charge is 0.483 e. The zero-order chi connectivity index (χ0) is 20.7. The molecule has 0 heterocycles. The van der Waals surface area contributed by atoms with Gasteiger partial charge in [-0.3, -0.25) is 9.59 Å². The van der Waals surface area contributed by atoms with Crippen molar-refractivity contribution in [2.75, 3.05) is 26.0 Å². The van der Waals surface area contributed by atoms with Gasteiger partial charge in [-0.2, -0.15) is 0 Å². The van der Waals surface area contributed by atoms with Crippen LogP contribution in [-0.4, -0.2) is 37.4 Å². The first kappa shape index (κ1) is 21.5. The van der Waals surface area contributed by atoms with Crippen LogP contribution in [-0.2, 0) is 16.0 Å². The van der Waals surface area contributed by atoms with Gasteiger partial charge in [0.05, 0.1) is 0 Å². The van der Waals surface area contributed by atoms with Crippen molar-refractivity contribution in [2.24, 2.45) is 0 Å². The SMILES string of the molecule is Cc1ccc(C(C)C)c(OCC(=O)Nc2cccc(CCC(=O)N(C)C)c2)c1. The molecule has 0 saturated heterocycles. The maximum Gasteiger partial charge on any atom is 0.262 e. The number of carbonyl (C=O) groups excluding carboxylic acids is 2. The van der Waals surface area contributed by atoms with Crippen LogP contribution in [0, 0.1) is 6.92 Å². The van der Waals surface area contributed by atoms with Crippen LogP contribution < -0.4 is 10.1 Å². The minimum Gasteiger partial charge on any atom is -0.483 e. The van der Waals surface area contributed by atoms with E-state index in [1.54, 1.807) is 19.0 Å². The van der Waals surface area contributed by atoms with E-state index in [0.717, 1.165) is 22.4 Å². The molecular formula is C23H30N2O3. The van der Waals surface area contributed by atoms with Gasteiger partial charge in [-0.1, -0.05) is 38.1 Å². The van der Waals surface area contributed by atoms with E-state index >= 15 is 0 Å². The zero-order valence-corrected chi connectivity index (χ0v) is 17.4. The summed E-state index contributed by atoms with van der Waals surface area (Å²) < 4.78 is 5.79. The number of carbonyl (C=O) groups is 2. The first-order valence-corrected chi connectivity index (χ1v) is 9.58. The Morgan fingerprint density at radius 1 is 1.11 bits per heavy atom. The van der Waals surface area contributed by atoms with Crippen molar-refractivity contribution in [2.45, 2.75) is 39.5 Å². The number of hydrogen-bond acceptors (Lipinski definition) is 3. The molecule has 0 fully saturated rings. The summed E-state index contributed by atoms with van der Waals surface area (Å²) in [5, 5.41) is 2.87. The highest BCUT2D eigenvalue weighted by Crippen LogP contribution is 2.27. The third kappa shape index (κ3) is 6.41. The lowest BCUT2D eigenvalue weighted by Gasteiger charge is -2.15. The van der Waals surface area contributed by atoms with E-state index in [9.17, 15) is 9.59 Å². The molecule has 1 N–H and O–H groups in total. The van der Waals surface area contributed by atoms with Crippen molar-refractivity contribution in [1.29, 1.82) is 0 Å². The lowest BCUT2D eigenvalue weighted by Crippen LogP contribution is -2.22. The maximum atomic E-state index is 12.3. The first-order chi connectivity index (χ1) is 13.3. The van der Waals surface area contributed by atoms with Crippen LogP contribution in [0.4, 0.5) is 5.69 Å². The summed E-state index contributed by atoms with van der Waals surface area (Å²) in [6.45, 7) is 6.16. The summed E-state index contributed by atoms with van der Waals surface area (Å²) in [7, 11) is 3.50. The second-order valence-corrected chi connectivity index (χ2v) is 7.52. The van der Waals surface area contributed by atoms with Gasteiger partial charge in [0.25, 0.3) is 5.91 Å². The highest BCUT2D eigenvalue weighted by atomic mass is 16.5. The number of amides is 2. The fourth-order valence-electron chi connectivity index (χ4n) is 2.86. The fourth-order valence-corrected chi connectivity index (χ4v) is 2.86. The molecule has 0 saturated carbocycles. The molecule has 0 unspecified atom stereocenters. The second kappa shape index (κ2) is 9.93. The van der Waals surface area contributed by atoms with Gasteiger partial charge in [0.2, 0.25) is 5.91 Å². The molecule has 0 aliphatic carbocycles.